The molecule has 12 heteroatoms. The van der Waals surface area contributed by atoms with Gasteiger partial charge in [-0.15, -0.1) is 0 Å². The van der Waals surface area contributed by atoms with Gasteiger partial charge in [0.2, 0.25) is 0 Å². The summed E-state index contributed by atoms with van der Waals surface area (Å²) < 4.78 is 34.2. The quantitative estimate of drug-likeness (QED) is 0.203. The van der Waals surface area contributed by atoms with Crippen LogP contribution in [0.3, 0.4) is 0 Å². The van der Waals surface area contributed by atoms with E-state index in [0.29, 0.717) is 19.4 Å². The van der Waals surface area contributed by atoms with E-state index in [0.717, 1.165) is 12.2 Å². The molecule has 34 heavy (non-hydrogen) atoms. The van der Waals surface area contributed by atoms with E-state index in [1.54, 1.807) is 0 Å². The number of aliphatic hydroxyl groups is 2. The Kier molecular flexibility index (Phi) is 9.54. The molecular weight excluding hydrogens is 467 g/mol. The van der Waals surface area contributed by atoms with Crippen molar-refractivity contribution in [3.05, 3.63) is 60.4 Å². The number of pyridine rings is 1. The minimum atomic E-state index is -4.63. The Balaban J connectivity index is 1.37. The largest absolute Gasteiger partial charge is 0.756 e. The van der Waals surface area contributed by atoms with Gasteiger partial charge in [-0.1, -0.05) is 18.2 Å². The average molecular weight is 496 g/mol. The average Bonchev–Trinajstić information content (AvgIpc) is 3.11. The molecule has 1 fully saturated rings. The Labute approximate surface area is 197 Å². The van der Waals surface area contributed by atoms with Crippen molar-refractivity contribution in [2.75, 3.05) is 19.8 Å². The lowest BCUT2D eigenvalue weighted by Gasteiger charge is -2.24. The van der Waals surface area contributed by atoms with E-state index in [9.17, 15) is 24.5 Å². The molecule has 2 heterocycles. The number of carbonyl (C=O) groups excluding carboxylic acids is 1. The number of carbonyl (C=O) groups is 1. The number of hydrogen-bond donors (Lipinski definition) is 3. The Bertz CT molecular complexity index is 978. The highest BCUT2D eigenvalue weighted by Gasteiger charge is 2.48. The van der Waals surface area contributed by atoms with Gasteiger partial charge < -0.3 is 39.4 Å². The van der Waals surface area contributed by atoms with E-state index in [1.165, 1.54) is 29.1 Å². The Morgan fingerprint density at radius 3 is 2.53 bits per heavy atom. The van der Waals surface area contributed by atoms with Crippen LogP contribution in [0.4, 0.5) is 0 Å². The van der Waals surface area contributed by atoms with E-state index in [2.05, 4.69) is 0 Å². The molecule has 1 aliphatic rings. The van der Waals surface area contributed by atoms with E-state index in [1.807, 2.05) is 30.3 Å². The highest BCUT2D eigenvalue weighted by atomic mass is 31.2. The molecule has 1 unspecified atom stereocenters. The summed E-state index contributed by atoms with van der Waals surface area (Å²) in [6.07, 6.45) is -0.194. The lowest BCUT2D eigenvalue weighted by atomic mass is 10.1. The van der Waals surface area contributed by atoms with Crippen LogP contribution in [0, 0.1) is 0 Å². The minimum Gasteiger partial charge on any atom is -0.756 e. The second-order valence-electron chi connectivity index (χ2n) is 7.75. The SMILES string of the molecule is NC(=O)c1ccc[n+]([C@@H]2O[C@H](COP(=O)([O-])OCCCCCOc3ccccc3)[C@@H](O)[C@H]2O)c1. The van der Waals surface area contributed by atoms with Crippen LogP contribution in [0.1, 0.15) is 35.8 Å². The third kappa shape index (κ3) is 7.57. The molecule has 1 aromatic carbocycles. The molecule has 0 bridgehead atoms. The fourth-order valence-electron chi connectivity index (χ4n) is 3.38. The maximum atomic E-state index is 12.0. The van der Waals surface area contributed by atoms with Gasteiger partial charge in [-0.25, -0.2) is 0 Å². The van der Waals surface area contributed by atoms with Crippen molar-refractivity contribution in [1.82, 2.24) is 0 Å². The first-order chi connectivity index (χ1) is 16.3. The van der Waals surface area contributed by atoms with Gasteiger partial charge in [0.15, 0.2) is 18.5 Å². The number of primary amides is 1. The first-order valence-corrected chi connectivity index (χ1v) is 12.3. The molecule has 0 spiro atoms. The van der Waals surface area contributed by atoms with Crippen LogP contribution in [0.15, 0.2) is 54.9 Å². The Morgan fingerprint density at radius 1 is 1.06 bits per heavy atom. The number of nitrogens with zero attached hydrogens (tertiary/aromatic N) is 1. The van der Waals surface area contributed by atoms with Gasteiger partial charge in [0.1, 0.15) is 23.5 Å². The molecule has 0 aliphatic carbocycles. The molecule has 11 nitrogen and oxygen atoms in total. The number of nitrogens with two attached hydrogens (primary N) is 1. The van der Waals surface area contributed by atoms with Crippen molar-refractivity contribution in [3.63, 3.8) is 0 Å². The van der Waals surface area contributed by atoms with Crippen LogP contribution in [-0.2, 0) is 18.3 Å². The summed E-state index contributed by atoms with van der Waals surface area (Å²) in [7, 11) is -4.63. The third-order valence-electron chi connectivity index (χ3n) is 5.18. The van der Waals surface area contributed by atoms with Crippen molar-refractivity contribution < 1.29 is 47.6 Å². The Hall–Kier alpha value is -2.37. The molecule has 4 N–H and O–H groups in total. The van der Waals surface area contributed by atoms with E-state index < -0.39 is 44.9 Å². The highest BCUT2D eigenvalue weighted by Crippen LogP contribution is 2.40. The molecule has 3 rings (SSSR count). The molecule has 5 atom stereocenters. The van der Waals surface area contributed by atoms with Gasteiger partial charge in [0.25, 0.3) is 20.0 Å². The monoisotopic (exact) mass is 496 g/mol. The second-order valence-corrected chi connectivity index (χ2v) is 9.16. The summed E-state index contributed by atoms with van der Waals surface area (Å²) in [6, 6.07) is 12.4. The maximum Gasteiger partial charge on any atom is 0.292 e. The van der Waals surface area contributed by atoms with Gasteiger partial charge in [0.05, 0.1) is 19.8 Å². The fraction of sp³-hybridized carbons (Fsp3) is 0.455. The molecular formula is C22H29N2O9P. The summed E-state index contributed by atoms with van der Waals surface area (Å²) in [6.45, 7) is -0.0893. The highest BCUT2D eigenvalue weighted by molar-refractivity contribution is 7.45. The van der Waals surface area contributed by atoms with Gasteiger partial charge in [-0.2, -0.15) is 4.57 Å². The zero-order valence-corrected chi connectivity index (χ0v) is 19.4. The number of aromatic nitrogens is 1. The van der Waals surface area contributed by atoms with Crippen molar-refractivity contribution in [3.8, 4) is 5.75 Å². The number of ether oxygens (including phenoxy) is 2. The van der Waals surface area contributed by atoms with Crippen molar-refractivity contribution in [2.45, 2.75) is 43.8 Å². The van der Waals surface area contributed by atoms with Crippen LogP contribution >= 0.6 is 7.82 Å². The maximum absolute atomic E-state index is 12.0. The van der Waals surface area contributed by atoms with Crippen molar-refractivity contribution >= 4 is 13.7 Å². The van der Waals surface area contributed by atoms with Crippen LogP contribution in [0.2, 0.25) is 0 Å². The number of rotatable bonds is 13. The third-order valence-corrected chi connectivity index (χ3v) is 6.15. The summed E-state index contributed by atoms with van der Waals surface area (Å²) in [5, 5.41) is 20.5. The summed E-state index contributed by atoms with van der Waals surface area (Å²) in [4.78, 5) is 23.4. The standard InChI is InChI=1S/C22H29N2O9P/c23-21(27)16-8-7-11-24(14-16)22-20(26)19(25)18(33-22)15-32-34(28,29)31-13-6-2-5-12-30-17-9-3-1-4-10-17/h1,3-4,7-11,14,18-20,22,25-26H,2,5-6,12-13,15H2,(H2-,23,27,28,29)/t18-,19-,20-,22-/m1/s1. The number of phosphoric acid groups is 1. The minimum absolute atomic E-state index is 0.0544. The first-order valence-electron chi connectivity index (χ1n) is 10.9. The van der Waals surface area contributed by atoms with Gasteiger partial charge in [-0.05, 0) is 37.5 Å². The van der Waals surface area contributed by atoms with E-state index in [-0.39, 0.29) is 12.2 Å². The van der Waals surface area contributed by atoms with Crippen LogP contribution < -0.4 is 19.9 Å². The number of aliphatic hydroxyl groups excluding tert-OH is 2. The number of benzene rings is 1. The number of amides is 1. The van der Waals surface area contributed by atoms with E-state index >= 15 is 0 Å². The van der Waals surface area contributed by atoms with Crippen LogP contribution in [0.25, 0.3) is 0 Å². The van der Waals surface area contributed by atoms with Crippen molar-refractivity contribution in [2.24, 2.45) is 5.73 Å². The Morgan fingerprint density at radius 2 is 1.79 bits per heavy atom. The molecule has 1 aliphatic heterocycles. The van der Waals surface area contributed by atoms with Gasteiger partial charge >= 0.3 is 0 Å². The van der Waals surface area contributed by atoms with Gasteiger partial charge in [-0.3, -0.25) is 9.36 Å². The van der Waals surface area contributed by atoms with E-state index in [4.69, 9.17) is 24.3 Å². The lowest BCUT2D eigenvalue weighted by Crippen LogP contribution is -2.46. The zero-order valence-electron chi connectivity index (χ0n) is 18.5. The zero-order chi connectivity index (χ0) is 24.6. The topological polar surface area (TPSA) is 164 Å². The molecule has 1 saturated heterocycles. The fourth-order valence-corrected chi connectivity index (χ4v) is 4.13. The molecule has 1 amide bonds. The second kappa shape index (κ2) is 12.4. The predicted molar refractivity (Wildman–Crippen MR) is 116 cm³/mol. The molecule has 1 aromatic heterocycles. The summed E-state index contributed by atoms with van der Waals surface area (Å²) >= 11 is 0. The molecule has 2 aromatic rings. The van der Waals surface area contributed by atoms with Crippen molar-refractivity contribution in [1.29, 1.82) is 0 Å². The lowest BCUT2D eigenvalue weighted by molar-refractivity contribution is -0.765. The summed E-state index contributed by atoms with van der Waals surface area (Å²) in [5.41, 5.74) is 5.43. The number of phosphoric ester groups is 1. The molecule has 0 radical (unpaired) electrons. The predicted octanol–water partition coefficient (Wildman–Crippen LogP) is 0.443. The van der Waals surface area contributed by atoms with Gasteiger partial charge in [0, 0.05) is 6.07 Å². The van der Waals surface area contributed by atoms with Crippen LogP contribution in [0.5, 0.6) is 5.75 Å². The number of unbranched alkanes of at least 4 members (excludes halogenated alkanes) is 2. The first kappa shape index (κ1) is 26.2. The number of para-hydroxylation sites is 1. The smallest absolute Gasteiger partial charge is 0.292 e. The normalized spacial score (nSPS) is 24.0. The molecule has 0 saturated carbocycles. The number of hydrogen-bond acceptors (Lipinski definition) is 9. The van der Waals surface area contributed by atoms with Crippen LogP contribution in [-0.4, -0.2) is 54.3 Å². The molecule has 186 valence electrons. The summed E-state index contributed by atoms with van der Waals surface area (Å²) in [5.74, 6) is 0.106.